The van der Waals surface area contributed by atoms with Crippen LogP contribution in [0.1, 0.15) is 0 Å². The molecule has 5 nitrogen and oxygen atoms in total. The zero-order valence-electron chi connectivity index (χ0n) is 9.80. The maximum Gasteiger partial charge on any atom is 0.339 e. The van der Waals surface area contributed by atoms with E-state index in [0.717, 1.165) is 38.1 Å². The second kappa shape index (κ2) is 4.34. The number of morpholine rings is 1. The van der Waals surface area contributed by atoms with Gasteiger partial charge in [0.05, 0.1) is 24.5 Å². The molecular weight excluding hydrogens is 234 g/mol. The molecule has 1 fully saturated rings. The summed E-state index contributed by atoms with van der Waals surface area (Å²) in [7, 11) is 0. The number of ether oxygens (including phenoxy) is 1. The van der Waals surface area contributed by atoms with Crippen LogP contribution < -0.4 is 10.5 Å². The number of aromatic hydroxyl groups is 1. The lowest BCUT2D eigenvalue weighted by Crippen LogP contribution is -2.38. The lowest BCUT2D eigenvalue weighted by molar-refractivity contribution is -0.0437. The average molecular weight is 248 g/mol. The molecule has 0 spiro atoms. The first-order chi connectivity index (χ1) is 8.74. The van der Waals surface area contributed by atoms with E-state index in [1.807, 2.05) is 6.07 Å². The number of anilines is 1. The molecule has 0 bridgehead atoms. The Morgan fingerprint density at radius 1 is 1.22 bits per heavy atom. The zero-order valence-corrected chi connectivity index (χ0v) is 9.80. The highest BCUT2D eigenvalue weighted by Crippen LogP contribution is 2.27. The van der Waals surface area contributed by atoms with Gasteiger partial charge in [0, 0.05) is 11.8 Å². The first kappa shape index (κ1) is 11.1. The predicted octanol–water partition coefficient (Wildman–Crippen LogP) is 0.847. The Bertz CT molecular complexity index is 628. The van der Waals surface area contributed by atoms with Gasteiger partial charge in [-0.15, -0.1) is 0 Å². The number of benzene rings is 1. The molecule has 1 aromatic heterocycles. The normalized spacial score (nSPS) is 16.1. The number of nitrogens with zero attached hydrogens (tertiary/aromatic N) is 1. The Balaban J connectivity index is 2.07. The third-order valence-electron chi connectivity index (χ3n) is 3.13. The zero-order chi connectivity index (χ0) is 12.5. The van der Waals surface area contributed by atoms with Crippen LogP contribution in [-0.4, -0.2) is 36.1 Å². The molecule has 0 atom stereocenters. The molecule has 1 saturated heterocycles. The molecule has 94 valence electrons. The number of rotatable bonds is 1. The molecular formula is C13H14NO4+. The quantitative estimate of drug-likeness (QED) is 0.600. The summed E-state index contributed by atoms with van der Waals surface area (Å²) in [6.45, 7) is 3.38. The van der Waals surface area contributed by atoms with Crippen LogP contribution in [0.5, 0.6) is 5.75 Å². The van der Waals surface area contributed by atoms with Gasteiger partial charge in [-0.2, -0.15) is 0 Å². The molecule has 2 aromatic rings. The standard InChI is InChI=1S/C13H13NO4/c15-11-8-13(16)18-12-7-9(1-2-10(11)12)14-3-5-17-6-4-14/h1-2,7-8,15H,3-6H2/p+1. The third-order valence-corrected chi connectivity index (χ3v) is 3.13. The van der Waals surface area contributed by atoms with Gasteiger partial charge in [-0.25, -0.2) is 4.79 Å². The molecule has 0 unspecified atom stereocenters. The van der Waals surface area contributed by atoms with Gasteiger partial charge in [-0.3, -0.25) is 0 Å². The summed E-state index contributed by atoms with van der Waals surface area (Å²) in [5.41, 5.74) is 0.872. The summed E-state index contributed by atoms with van der Waals surface area (Å²) in [5.74, 6) is -0.0403. The average Bonchev–Trinajstić information content (AvgIpc) is 2.39. The van der Waals surface area contributed by atoms with Gasteiger partial charge in [0.25, 0.3) is 0 Å². The molecule has 1 aliphatic rings. The van der Waals surface area contributed by atoms with Crippen LogP contribution >= 0.6 is 0 Å². The van der Waals surface area contributed by atoms with Crippen molar-refractivity contribution < 1.29 is 14.3 Å². The van der Waals surface area contributed by atoms with Gasteiger partial charge in [0.2, 0.25) is 0 Å². The second-order valence-corrected chi connectivity index (χ2v) is 4.29. The van der Waals surface area contributed by atoms with Crippen LogP contribution in [0.15, 0.2) is 33.5 Å². The lowest BCUT2D eigenvalue weighted by atomic mass is 10.2. The van der Waals surface area contributed by atoms with E-state index in [9.17, 15) is 9.90 Å². The Labute approximate surface area is 103 Å². The van der Waals surface area contributed by atoms with E-state index in [0.29, 0.717) is 11.0 Å². The summed E-state index contributed by atoms with van der Waals surface area (Å²) in [6, 6.07) is 6.58. The molecule has 0 radical (unpaired) electrons. The summed E-state index contributed by atoms with van der Waals surface area (Å²) in [6.07, 6.45) is 0. The van der Waals surface area contributed by atoms with E-state index in [2.05, 4.69) is 9.64 Å². The molecule has 1 aromatic carbocycles. The summed E-state index contributed by atoms with van der Waals surface area (Å²) < 4.78 is 9.40. The Morgan fingerprint density at radius 2 is 2.00 bits per heavy atom. The molecule has 0 amide bonds. The molecule has 3 rings (SSSR count). The number of fused-ring (bicyclic) bond motifs is 1. The SMILES string of the molecule is O=c1cc(O)c2ccc(N3CC[OH+]CC3)cc2o1. The minimum Gasteiger partial charge on any atom is -0.507 e. The topological polar surface area (TPSA) is 66.5 Å². The van der Waals surface area contributed by atoms with Crippen molar-refractivity contribution in [3.05, 3.63) is 34.7 Å². The van der Waals surface area contributed by atoms with E-state index < -0.39 is 5.63 Å². The molecule has 2 heterocycles. The minimum atomic E-state index is -0.536. The maximum absolute atomic E-state index is 11.2. The van der Waals surface area contributed by atoms with Crippen LogP contribution in [0.4, 0.5) is 5.69 Å². The van der Waals surface area contributed by atoms with Crippen LogP contribution in [0, 0.1) is 0 Å². The Hall–Kier alpha value is -2.01. The van der Waals surface area contributed by atoms with Crippen molar-refractivity contribution in [2.45, 2.75) is 0 Å². The van der Waals surface area contributed by atoms with Gasteiger partial charge in [-0.1, -0.05) is 0 Å². The van der Waals surface area contributed by atoms with Gasteiger partial charge in [0.1, 0.15) is 11.3 Å². The number of aliphatic hydroxyl groups is 2. The van der Waals surface area contributed by atoms with Crippen molar-refractivity contribution in [3.63, 3.8) is 0 Å². The minimum absolute atomic E-state index is 0.0403. The van der Waals surface area contributed by atoms with E-state index >= 15 is 0 Å². The van der Waals surface area contributed by atoms with E-state index in [1.54, 1.807) is 12.1 Å². The Morgan fingerprint density at radius 3 is 2.78 bits per heavy atom. The highest BCUT2D eigenvalue weighted by molar-refractivity contribution is 5.85. The van der Waals surface area contributed by atoms with Crippen LogP contribution in [0.3, 0.4) is 0 Å². The number of hydrogen-bond donors (Lipinski definition) is 1. The maximum atomic E-state index is 11.2. The summed E-state index contributed by atoms with van der Waals surface area (Å²) in [5, 5.41) is 10.2. The van der Waals surface area contributed by atoms with Crippen LogP contribution in [0.2, 0.25) is 0 Å². The van der Waals surface area contributed by atoms with Crippen molar-refractivity contribution in [2.75, 3.05) is 31.2 Å². The third kappa shape index (κ3) is 1.93. The van der Waals surface area contributed by atoms with Crippen LogP contribution in [0.25, 0.3) is 11.0 Å². The molecule has 2 N–H and O–H groups in total. The van der Waals surface area contributed by atoms with Gasteiger partial charge < -0.3 is 19.2 Å². The molecule has 18 heavy (non-hydrogen) atoms. The smallest absolute Gasteiger partial charge is 0.339 e. The van der Waals surface area contributed by atoms with Crippen molar-refractivity contribution in [1.82, 2.24) is 0 Å². The summed E-state index contributed by atoms with van der Waals surface area (Å²) in [4.78, 5) is 13.4. The first-order valence-corrected chi connectivity index (χ1v) is 5.89. The highest BCUT2D eigenvalue weighted by Gasteiger charge is 2.15. The summed E-state index contributed by atoms with van der Waals surface area (Å²) >= 11 is 0. The fourth-order valence-corrected chi connectivity index (χ4v) is 2.20. The predicted molar refractivity (Wildman–Crippen MR) is 68.3 cm³/mol. The van der Waals surface area contributed by atoms with E-state index in [4.69, 9.17) is 4.42 Å². The van der Waals surface area contributed by atoms with Gasteiger partial charge in [-0.05, 0) is 12.1 Å². The van der Waals surface area contributed by atoms with Crippen molar-refractivity contribution in [1.29, 1.82) is 0 Å². The molecule has 0 aliphatic carbocycles. The van der Waals surface area contributed by atoms with Gasteiger partial charge >= 0.3 is 5.63 Å². The largest absolute Gasteiger partial charge is 0.507 e. The fraction of sp³-hybridized carbons (Fsp3) is 0.308. The monoisotopic (exact) mass is 248 g/mol. The van der Waals surface area contributed by atoms with Crippen molar-refractivity contribution >= 4 is 16.7 Å². The van der Waals surface area contributed by atoms with E-state index in [1.165, 1.54) is 0 Å². The number of hydrogen-bond acceptors (Lipinski definition) is 4. The van der Waals surface area contributed by atoms with Crippen molar-refractivity contribution in [3.8, 4) is 5.75 Å². The van der Waals surface area contributed by atoms with E-state index in [-0.39, 0.29) is 5.75 Å². The van der Waals surface area contributed by atoms with Crippen LogP contribution in [-0.2, 0) is 0 Å². The molecule has 0 saturated carbocycles. The van der Waals surface area contributed by atoms with Gasteiger partial charge in [0.15, 0.2) is 13.2 Å². The Kier molecular flexibility index (Phi) is 2.68. The molecule has 5 heteroatoms. The highest BCUT2D eigenvalue weighted by atomic mass is 16.5. The second-order valence-electron chi connectivity index (χ2n) is 4.29. The van der Waals surface area contributed by atoms with Crippen molar-refractivity contribution in [2.24, 2.45) is 0 Å². The molecule has 1 aliphatic heterocycles. The lowest BCUT2D eigenvalue weighted by Gasteiger charge is -2.26. The first-order valence-electron chi connectivity index (χ1n) is 5.89. The fourth-order valence-electron chi connectivity index (χ4n) is 2.20.